The summed E-state index contributed by atoms with van der Waals surface area (Å²) in [5.41, 5.74) is 3.26. The van der Waals surface area contributed by atoms with Gasteiger partial charge in [0.25, 0.3) is 0 Å². The Labute approximate surface area is 154 Å². The van der Waals surface area contributed by atoms with Crippen molar-refractivity contribution < 1.29 is 9.47 Å². The van der Waals surface area contributed by atoms with Crippen LogP contribution >= 0.6 is 11.3 Å². The summed E-state index contributed by atoms with van der Waals surface area (Å²) in [7, 11) is 0. The van der Waals surface area contributed by atoms with E-state index < -0.39 is 0 Å². The predicted molar refractivity (Wildman–Crippen MR) is 103 cm³/mol. The molecule has 2 aromatic carbocycles. The van der Waals surface area contributed by atoms with E-state index in [1.54, 1.807) is 17.7 Å². The minimum absolute atomic E-state index is 0.288. The molecule has 0 unspecified atom stereocenters. The van der Waals surface area contributed by atoms with Crippen LogP contribution in [0, 0.1) is 0 Å². The first kappa shape index (κ1) is 15.2. The highest BCUT2D eigenvalue weighted by Crippen LogP contribution is 2.36. The Morgan fingerprint density at radius 3 is 2.77 bits per heavy atom. The molecule has 3 heterocycles. The molecule has 0 bridgehead atoms. The molecule has 0 saturated heterocycles. The van der Waals surface area contributed by atoms with Gasteiger partial charge in [-0.2, -0.15) is 0 Å². The number of nitrogens with one attached hydrogen (secondary N) is 1. The maximum atomic E-state index is 5.44. The van der Waals surface area contributed by atoms with Gasteiger partial charge in [0.2, 0.25) is 6.79 Å². The number of hydrogen-bond donors (Lipinski definition) is 1. The molecule has 2 aromatic heterocycles. The number of aromatic nitrogens is 2. The second-order valence-electron chi connectivity index (χ2n) is 5.95. The van der Waals surface area contributed by atoms with Crippen LogP contribution in [0.15, 0.2) is 60.9 Å². The largest absolute Gasteiger partial charge is 0.454 e. The number of thiophene rings is 1. The molecule has 0 fully saturated rings. The number of benzene rings is 2. The Bertz CT molecular complexity index is 1080. The summed E-state index contributed by atoms with van der Waals surface area (Å²) >= 11 is 1.70. The summed E-state index contributed by atoms with van der Waals surface area (Å²) in [6, 6.07) is 18.4. The van der Waals surface area contributed by atoms with Gasteiger partial charge in [0.05, 0.1) is 10.2 Å². The van der Waals surface area contributed by atoms with Gasteiger partial charge < -0.3 is 14.8 Å². The van der Waals surface area contributed by atoms with Crippen LogP contribution in [-0.2, 0) is 6.54 Å². The average Bonchev–Trinajstić information content (AvgIpc) is 3.33. The minimum Gasteiger partial charge on any atom is -0.454 e. The van der Waals surface area contributed by atoms with Crippen LogP contribution in [0.5, 0.6) is 11.5 Å². The van der Waals surface area contributed by atoms with Crippen LogP contribution in [0.4, 0.5) is 5.82 Å². The monoisotopic (exact) mass is 361 g/mol. The van der Waals surface area contributed by atoms with E-state index in [9.17, 15) is 0 Å². The normalized spacial score (nSPS) is 12.5. The number of ether oxygens (including phenoxy) is 2. The molecule has 0 amide bonds. The van der Waals surface area contributed by atoms with Crippen molar-refractivity contribution in [3.63, 3.8) is 0 Å². The summed E-state index contributed by atoms with van der Waals surface area (Å²) in [5.74, 6) is 2.43. The van der Waals surface area contributed by atoms with Gasteiger partial charge in [-0.25, -0.2) is 9.97 Å². The second kappa shape index (κ2) is 6.31. The highest BCUT2D eigenvalue weighted by molar-refractivity contribution is 7.22. The Balaban J connectivity index is 1.43. The zero-order chi connectivity index (χ0) is 17.3. The van der Waals surface area contributed by atoms with Crippen molar-refractivity contribution in [2.24, 2.45) is 0 Å². The van der Waals surface area contributed by atoms with Gasteiger partial charge in [0, 0.05) is 11.4 Å². The Hall–Kier alpha value is -3.12. The molecule has 0 radical (unpaired) electrons. The summed E-state index contributed by atoms with van der Waals surface area (Å²) in [6.07, 6.45) is 1.60. The fourth-order valence-electron chi connectivity index (χ4n) is 2.96. The van der Waals surface area contributed by atoms with Gasteiger partial charge in [-0.05, 0) is 29.3 Å². The lowest BCUT2D eigenvalue weighted by Crippen LogP contribution is -2.01. The molecule has 5 rings (SSSR count). The van der Waals surface area contributed by atoms with Crippen molar-refractivity contribution in [1.29, 1.82) is 0 Å². The first-order valence-corrected chi connectivity index (χ1v) is 9.11. The maximum Gasteiger partial charge on any atom is 0.231 e. The van der Waals surface area contributed by atoms with Gasteiger partial charge in [-0.3, -0.25) is 0 Å². The third-order valence-electron chi connectivity index (χ3n) is 4.27. The van der Waals surface area contributed by atoms with Crippen LogP contribution in [-0.4, -0.2) is 16.8 Å². The van der Waals surface area contributed by atoms with E-state index >= 15 is 0 Å². The van der Waals surface area contributed by atoms with E-state index in [1.807, 2.05) is 36.4 Å². The van der Waals surface area contributed by atoms with Gasteiger partial charge in [-0.1, -0.05) is 36.4 Å². The Kier molecular flexibility index (Phi) is 3.68. The molecule has 1 aliphatic heterocycles. The Morgan fingerprint density at radius 1 is 0.962 bits per heavy atom. The highest BCUT2D eigenvalue weighted by atomic mass is 32.1. The molecular formula is C20H15N3O2S. The molecule has 5 nitrogen and oxygen atoms in total. The number of nitrogens with zero attached hydrogens (tertiary/aromatic N) is 2. The molecule has 0 aliphatic carbocycles. The molecule has 1 aliphatic rings. The topological polar surface area (TPSA) is 56.3 Å². The van der Waals surface area contributed by atoms with Crippen molar-refractivity contribution in [1.82, 2.24) is 9.97 Å². The van der Waals surface area contributed by atoms with Gasteiger partial charge in [-0.15, -0.1) is 11.3 Å². The number of hydrogen-bond acceptors (Lipinski definition) is 6. The van der Waals surface area contributed by atoms with Crippen molar-refractivity contribution in [3.05, 3.63) is 66.5 Å². The third kappa shape index (κ3) is 2.74. The van der Waals surface area contributed by atoms with Gasteiger partial charge in [0.15, 0.2) is 11.5 Å². The van der Waals surface area contributed by atoms with Crippen molar-refractivity contribution in [2.45, 2.75) is 6.54 Å². The van der Waals surface area contributed by atoms with E-state index in [1.165, 1.54) is 10.4 Å². The lowest BCUT2D eigenvalue weighted by atomic mass is 10.2. The summed E-state index contributed by atoms with van der Waals surface area (Å²) in [4.78, 5) is 10.0. The molecule has 1 N–H and O–H groups in total. The highest BCUT2D eigenvalue weighted by Gasteiger charge is 2.14. The van der Waals surface area contributed by atoms with E-state index in [4.69, 9.17) is 9.47 Å². The van der Waals surface area contributed by atoms with E-state index in [-0.39, 0.29) is 6.79 Å². The number of fused-ring (bicyclic) bond motifs is 2. The molecule has 0 saturated carbocycles. The zero-order valence-electron chi connectivity index (χ0n) is 13.8. The zero-order valence-corrected chi connectivity index (χ0v) is 14.6. The van der Waals surface area contributed by atoms with Crippen molar-refractivity contribution in [2.75, 3.05) is 12.1 Å². The van der Waals surface area contributed by atoms with E-state index in [2.05, 4.69) is 33.5 Å². The van der Waals surface area contributed by atoms with Crippen molar-refractivity contribution >= 4 is 27.4 Å². The minimum atomic E-state index is 0.288. The molecule has 128 valence electrons. The van der Waals surface area contributed by atoms with Gasteiger partial charge in [0.1, 0.15) is 12.1 Å². The smallest absolute Gasteiger partial charge is 0.231 e. The maximum absolute atomic E-state index is 5.44. The standard InChI is InChI=1S/C20H15N3O2S/c1-2-4-14(5-3-1)18-9-15-19(26-18)20(23-11-22-15)21-10-13-6-7-16-17(8-13)25-12-24-16/h1-9,11H,10,12H2,(H,21,22,23). The van der Waals surface area contributed by atoms with E-state index in [0.717, 1.165) is 33.1 Å². The lowest BCUT2D eigenvalue weighted by molar-refractivity contribution is 0.174. The third-order valence-corrected chi connectivity index (χ3v) is 5.45. The second-order valence-corrected chi connectivity index (χ2v) is 7.01. The summed E-state index contributed by atoms with van der Waals surface area (Å²) in [6.45, 7) is 0.942. The fourth-order valence-corrected chi connectivity index (χ4v) is 4.04. The molecule has 0 atom stereocenters. The average molecular weight is 361 g/mol. The van der Waals surface area contributed by atoms with Crippen LogP contribution in [0.1, 0.15) is 5.56 Å². The molecule has 4 aromatic rings. The molecule has 6 heteroatoms. The first-order chi connectivity index (χ1) is 12.9. The predicted octanol–water partition coefficient (Wildman–Crippen LogP) is 4.70. The van der Waals surface area contributed by atoms with E-state index in [0.29, 0.717) is 6.54 Å². The number of anilines is 1. The summed E-state index contributed by atoms with van der Waals surface area (Å²) in [5, 5.41) is 3.42. The van der Waals surface area contributed by atoms with Crippen LogP contribution < -0.4 is 14.8 Å². The van der Waals surface area contributed by atoms with Gasteiger partial charge >= 0.3 is 0 Å². The van der Waals surface area contributed by atoms with Crippen LogP contribution in [0.25, 0.3) is 20.7 Å². The number of rotatable bonds is 4. The van der Waals surface area contributed by atoms with Crippen LogP contribution in [0.3, 0.4) is 0 Å². The first-order valence-electron chi connectivity index (χ1n) is 8.29. The van der Waals surface area contributed by atoms with Crippen LogP contribution in [0.2, 0.25) is 0 Å². The SMILES string of the molecule is c1ccc(-c2cc3ncnc(NCc4ccc5c(c4)OCO5)c3s2)cc1. The lowest BCUT2D eigenvalue weighted by Gasteiger charge is -2.07. The summed E-state index contributed by atoms with van der Waals surface area (Å²) < 4.78 is 11.9. The molecular weight excluding hydrogens is 346 g/mol. The van der Waals surface area contributed by atoms with Crippen molar-refractivity contribution in [3.8, 4) is 21.9 Å². The molecule has 26 heavy (non-hydrogen) atoms. The Morgan fingerprint density at radius 2 is 1.85 bits per heavy atom. The quantitative estimate of drug-likeness (QED) is 0.571. The molecule has 0 spiro atoms. The fraction of sp³-hybridized carbons (Fsp3) is 0.100.